The lowest BCUT2D eigenvalue weighted by molar-refractivity contribution is -0.139. The second kappa shape index (κ2) is 5.00. The highest BCUT2D eigenvalue weighted by Crippen LogP contribution is 2.24. The highest BCUT2D eigenvalue weighted by molar-refractivity contribution is 5.86. The average Bonchev–Trinajstić information content (AvgIpc) is 2.06. The van der Waals surface area contributed by atoms with E-state index in [0.29, 0.717) is 19.4 Å². The molecule has 0 saturated carbocycles. The van der Waals surface area contributed by atoms with Gasteiger partial charge in [-0.3, -0.25) is 14.5 Å². The molecule has 0 radical (unpaired) electrons. The van der Waals surface area contributed by atoms with Gasteiger partial charge in [0.25, 0.3) is 0 Å². The molecule has 3 heteroatoms. The molecule has 0 heterocycles. The fraction of sp³-hybridized carbons (Fsp3) is 0.800. The first kappa shape index (κ1) is 12.1. The summed E-state index contributed by atoms with van der Waals surface area (Å²) < 4.78 is 0. The molecular weight excluding hydrogens is 166 g/mol. The molecule has 0 aliphatic carbocycles. The molecule has 0 aliphatic heterocycles. The summed E-state index contributed by atoms with van der Waals surface area (Å²) in [5, 5.41) is 0. The molecule has 2 amide bonds. The van der Waals surface area contributed by atoms with Crippen LogP contribution in [0.5, 0.6) is 0 Å². The number of hydrogen-bond acceptors (Lipinski definition) is 2. The molecule has 0 atom stereocenters. The third-order valence-corrected chi connectivity index (χ3v) is 2.38. The van der Waals surface area contributed by atoms with Crippen molar-refractivity contribution in [3.05, 3.63) is 0 Å². The predicted octanol–water partition coefficient (Wildman–Crippen LogP) is 1.82. The Hall–Kier alpha value is -0.860. The van der Waals surface area contributed by atoms with Crippen LogP contribution in [-0.4, -0.2) is 23.8 Å². The molecule has 0 saturated heterocycles. The normalized spacial score (nSPS) is 11.1. The van der Waals surface area contributed by atoms with Gasteiger partial charge in [0.1, 0.15) is 0 Å². The summed E-state index contributed by atoms with van der Waals surface area (Å²) in [6, 6.07) is 0. The minimum atomic E-state index is -0.0793. The van der Waals surface area contributed by atoms with Gasteiger partial charge in [-0.05, 0) is 12.3 Å². The van der Waals surface area contributed by atoms with Crippen molar-refractivity contribution < 1.29 is 9.59 Å². The van der Waals surface area contributed by atoms with Gasteiger partial charge in [-0.2, -0.15) is 0 Å². The van der Waals surface area contributed by atoms with Gasteiger partial charge in [0, 0.05) is 13.0 Å². The van der Waals surface area contributed by atoms with Gasteiger partial charge in [-0.15, -0.1) is 0 Å². The van der Waals surface area contributed by atoms with Crippen LogP contribution in [-0.2, 0) is 9.59 Å². The molecule has 0 fully saturated rings. The first-order chi connectivity index (χ1) is 5.96. The molecule has 76 valence electrons. The van der Waals surface area contributed by atoms with Gasteiger partial charge in [0.05, 0.1) is 0 Å². The second-order valence-electron chi connectivity index (χ2n) is 3.98. The standard InChI is InChI=1S/C10H19NO2/c1-5-10(3,4)7-9(13)11(6-2)8-12/h8H,5-7H2,1-4H3. The van der Waals surface area contributed by atoms with Gasteiger partial charge in [0.2, 0.25) is 12.3 Å². The Labute approximate surface area is 80.1 Å². The van der Waals surface area contributed by atoms with Crippen molar-refractivity contribution >= 4 is 12.3 Å². The second-order valence-corrected chi connectivity index (χ2v) is 3.98. The average molecular weight is 185 g/mol. The number of amides is 2. The molecule has 13 heavy (non-hydrogen) atoms. The van der Waals surface area contributed by atoms with Crippen LogP contribution in [0.15, 0.2) is 0 Å². The van der Waals surface area contributed by atoms with E-state index in [2.05, 4.69) is 0 Å². The summed E-state index contributed by atoms with van der Waals surface area (Å²) in [6.45, 7) is 8.37. The zero-order valence-corrected chi connectivity index (χ0v) is 8.96. The number of nitrogens with zero attached hydrogens (tertiary/aromatic N) is 1. The van der Waals surface area contributed by atoms with Crippen molar-refractivity contribution in [3.63, 3.8) is 0 Å². The Morgan fingerprint density at radius 2 is 1.92 bits per heavy atom. The Bertz CT molecular complexity index is 187. The molecule has 0 aromatic heterocycles. The molecular formula is C10H19NO2. The summed E-state index contributed by atoms with van der Waals surface area (Å²) in [7, 11) is 0. The number of carbonyl (C=O) groups excluding carboxylic acids is 2. The lowest BCUT2D eigenvalue weighted by atomic mass is 9.86. The molecule has 3 nitrogen and oxygen atoms in total. The maximum atomic E-state index is 11.5. The zero-order chi connectivity index (χ0) is 10.5. The van der Waals surface area contributed by atoms with Gasteiger partial charge in [0.15, 0.2) is 0 Å². The number of carbonyl (C=O) groups is 2. The first-order valence-corrected chi connectivity index (χ1v) is 4.71. The Morgan fingerprint density at radius 3 is 2.23 bits per heavy atom. The van der Waals surface area contributed by atoms with Crippen molar-refractivity contribution in [1.29, 1.82) is 0 Å². The molecule has 0 unspecified atom stereocenters. The monoisotopic (exact) mass is 185 g/mol. The van der Waals surface area contributed by atoms with Crippen LogP contribution in [0.1, 0.15) is 40.5 Å². The van der Waals surface area contributed by atoms with Crippen molar-refractivity contribution in [1.82, 2.24) is 4.90 Å². The minimum Gasteiger partial charge on any atom is -0.286 e. The lowest BCUT2D eigenvalue weighted by Crippen LogP contribution is -2.32. The van der Waals surface area contributed by atoms with Crippen LogP contribution in [0.3, 0.4) is 0 Å². The SMILES string of the molecule is CCN(C=O)C(=O)CC(C)(C)CC. The van der Waals surface area contributed by atoms with Gasteiger partial charge < -0.3 is 0 Å². The lowest BCUT2D eigenvalue weighted by Gasteiger charge is -2.24. The molecule has 0 rings (SSSR count). The molecule has 0 spiro atoms. The molecule has 0 aliphatic rings. The Morgan fingerprint density at radius 1 is 1.38 bits per heavy atom. The van der Waals surface area contributed by atoms with Crippen molar-refractivity contribution in [3.8, 4) is 0 Å². The van der Waals surface area contributed by atoms with E-state index in [-0.39, 0.29) is 11.3 Å². The minimum absolute atomic E-state index is 0.00644. The van der Waals surface area contributed by atoms with Crippen LogP contribution in [0.2, 0.25) is 0 Å². The van der Waals surface area contributed by atoms with E-state index in [4.69, 9.17) is 0 Å². The topological polar surface area (TPSA) is 37.4 Å². The van der Waals surface area contributed by atoms with E-state index in [1.54, 1.807) is 6.92 Å². The van der Waals surface area contributed by atoms with E-state index in [1.807, 2.05) is 20.8 Å². The third kappa shape index (κ3) is 4.06. The zero-order valence-electron chi connectivity index (χ0n) is 8.96. The Kier molecular flexibility index (Phi) is 4.67. The van der Waals surface area contributed by atoms with Crippen LogP contribution in [0.25, 0.3) is 0 Å². The molecule has 0 N–H and O–H groups in total. The van der Waals surface area contributed by atoms with Crippen molar-refractivity contribution in [2.75, 3.05) is 6.54 Å². The maximum absolute atomic E-state index is 11.5. The number of rotatable bonds is 5. The molecule has 0 aromatic rings. The van der Waals surface area contributed by atoms with Crippen LogP contribution in [0.4, 0.5) is 0 Å². The largest absolute Gasteiger partial charge is 0.286 e. The summed E-state index contributed by atoms with van der Waals surface area (Å²) in [5.41, 5.74) is -0.00644. The predicted molar refractivity (Wildman–Crippen MR) is 52.1 cm³/mol. The van der Waals surface area contributed by atoms with Gasteiger partial charge in [-0.25, -0.2) is 0 Å². The fourth-order valence-corrected chi connectivity index (χ4v) is 0.946. The first-order valence-electron chi connectivity index (χ1n) is 4.71. The van der Waals surface area contributed by atoms with Crippen LogP contribution < -0.4 is 0 Å². The highest BCUT2D eigenvalue weighted by atomic mass is 16.2. The summed E-state index contributed by atoms with van der Waals surface area (Å²) >= 11 is 0. The van der Waals surface area contributed by atoms with Crippen LogP contribution >= 0.6 is 0 Å². The van der Waals surface area contributed by atoms with E-state index in [0.717, 1.165) is 6.42 Å². The smallest absolute Gasteiger partial charge is 0.229 e. The highest BCUT2D eigenvalue weighted by Gasteiger charge is 2.22. The summed E-state index contributed by atoms with van der Waals surface area (Å²) in [4.78, 5) is 23.2. The maximum Gasteiger partial charge on any atom is 0.229 e. The molecule has 0 aromatic carbocycles. The van der Waals surface area contributed by atoms with Gasteiger partial charge in [-0.1, -0.05) is 27.2 Å². The summed E-state index contributed by atoms with van der Waals surface area (Å²) in [6.07, 6.45) is 1.99. The number of imide groups is 1. The third-order valence-electron chi connectivity index (χ3n) is 2.38. The number of hydrogen-bond donors (Lipinski definition) is 0. The van der Waals surface area contributed by atoms with Crippen molar-refractivity contribution in [2.24, 2.45) is 5.41 Å². The van der Waals surface area contributed by atoms with Crippen molar-refractivity contribution in [2.45, 2.75) is 40.5 Å². The van der Waals surface area contributed by atoms with E-state index in [9.17, 15) is 9.59 Å². The van der Waals surface area contributed by atoms with Crippen LogP contribution in [0, 0.1) is 5.41 Å². The van der Waals surface area contributed by atoms with E-state index in [1.165, 1.54) is 4.90 Å². The quantitative estimate of drug-likeness (QED) is 0.613. The Balaban J connectivity index is 4.20. The van der Waals surface area contributed by atoms with E-state index >= 15 is 0 Å². The molecule has 0 bridgehead atoms. The fourth-order valence-electron chi connectivity index (χ4n) is 0.946. The van der Waals surface area contributed by atoms with E-state index < -0.39 is 0 Å². The summed E-state index contributed by atoms with van der Waals surface area (Å²) in [5.74, 6) is -0.0793. The van der Waals surface area contributed by atoms with Gasteiger partial charge >= 0.3 is 0 Å².